The molecule has 0 radical (unpaired) electrons. The fourth-order valence-corrected chi connectivity index (χ4v) is 2.44. The van der Waals surface area contributed by atoms with Crippen molar-refractivity contribution in [2.75, 3.05) is 19.0 Å². The molecule has 1 aromatic rings. The number of benzene rings is 1. The number of carbonyl (C=O) groups excluding carboxylic acids is 1. The van der Waals surface area contributed by atoms with Gasteiger partial charge < -0.3 is 4.74 Å². The smallest absolute Gasteiger partial charge is 0.168 e. The second-order valence-corrected chi connectivity index (χ2v) is 5.30. The minimum atomic E-state index is 0.137. The van der Waals surface area contributed by atoms with Crippen LogP contribution in [0, 0.1) is 0 Å². The molecule has 0 aliphatic heterocycles. The van der Waals surface area contributed by atoms with Crippen LogP contribution < -0.4 is 0 Å². The third kappa shape index (κ3) is 5.68. The van der Waals surface area contributed by atoms with Crippen LogP contribution in [0.2, 0.25) is 0 Å². The lowest BCUT2D eigenvalue weighted by Crippen LogP contribution is -2.11. The highest BCUT2D eigenvalue weighted by atomic mass is 79.9. The number of Topliss-reactive ketones (excluding diaryl/α,β-unsaturated/α-hetero) is 1. The molecule has 1 rings (SSSR count). The van der Waals surface area contributed by atoms with Crippen molar-refractivity contribution in [2.45, 2.75) is 18.2 Å². The summed E-state index contributed by atoms with van der Waals surface area (Å²) in [5.41, 5.74) is 0. The van der Waals surface area contributed by atoms with E-state index in [4.69, 9.17) is 4.74 Å². The maximum Gasteiger partial charge on any atom is 0.168 e. The highest BCUT2D eigenvalue weighted by molar-refractivity contribution is 9.10. The first-order valence-electron chi connectivity index (χ1n) is 5.20. The Morgan fingerprint density at radius 1 is 1.50 bits per heavy atom. The monoisotopic (exact) mass is 302 g/mol. The minimum absolute atomic E-state index is 0.137. The average Bonchev–Trinajstić information content (AvgIpc) is 2.27. The summed E-state index contributed by atoms with van der Waals surface area (Å²) in [7, 11) is 0. The molecule has 0 fully saturated rings. The fourth-order valence-electron chi connectivity index (χ4n) is 1.09. The van der Waals surface area contributed by atoms with E-state index in [1.54, 1.807) is 11.8 Å². The molecule has 0 unspecified atom stereocenters. The Hall–Kier alpha value is -0.320. The van der Waals surface area contributed by atoms with Crippen molar-refractivity contribution >= 4 is 33.5 Å². The molecule has 0 N–H and O–H groups in total. The van der Waals surface area contributed by atoms with Crippen molar-refractivity contribution in [3.05, 3.63) is 28.7 Å². The molecule has 1 aromatic carbocycles. The van der Waals surface area contributed by atoms with Gasteiger partial charge in [-0.05, 0) is 24.6 Å². The van der Waals surface area contributed by atoms with Crippen LogP contribution in [0.1, 0.15) is 13.3 Å². The van der Waals surface area contributed by atoms with Gasteiger partial charge >= 0.3 is 0 Å². The van der Waals surface area contributed by atoms with E-state index in [0.29, 0.717) is 12.4 Å². The van der Waals surface area contributed by atoms with E-state index < -0.39 is 0 Å². The molecule has 0 aliphatic rings. The minimum Gasteiger partial charge on any atom is -0.374 e. The number of rotatable bonds is 7. The predicted octanol–water partition coefficient (Wildman–Crippen LogP) is 3.54. The number of ketones is 1. The van der Waals surface area contributed by atoms with Crippen LogP contribution in [0.15, 0.2) is 33.6 Å². The molecule has 0 spiro atoms. The van der Waals surface area contributed by atoms with Gasteiger partial charge in [0.25, 0.3) is 0 Å². The molecule has 2 nitrogen and oxygen atoms in total. The number of hydrogen-bond donors (Lipinski definition) is 0. The van der Waals surface area contributed by atoms with Gasteiger partial charge in [-0.3, -0.25) is 4.79 Å². The molecule has 0 saturated carbocycles. The van der Waals surface area contributed by atoms with Gasteiger partial charge in [-0.1, -0.05) is 28.9 Å². The lowest BCUT2D eigenvalue weighted by Gasteiger charge is -2.02. The van der Waals surface area contributed by atoms with Crippen LogP contribution in [0.5, 0.6) is 0 Å². The Kier molecular flexibility index (Phi) is 6.76. The van der Waals surface area contributed by atoms with Crippen LogP contribution in [0.25, 0.3) is 0 Å². The Morgan fingerprint density at radius 3 is 3.00 bits per heavy atom. The zero-order chi connectivity index (χ0) is 11.8. The van der Waals surface area contributed by atoms with Crippen LogP contribution in [0.3, 0.4) is 0 Å². The van der Waals surface area contributed by atoms with Gasteiger partial charge in [0.15, 0.2) is 5.78 Å². The number of halogens is 1. The highest BCUT2D eigenvalue weighted by Crippen LogP contribution is 2.21. The SMILES string of the molecule is CCCOCC(=O)CSc1cccc(Br)c1. The van der Waals surface area contributed by atoms with Gasteiger partial charge in [-0.25, -0.2) is 0 Å². The van der Waals surface area contributed by atoms with E-state index in [0.717, 1.165) is 15.8 Å². The number of ether oxygens (including phenoxy) is 1. The van der Waals surface area contributed by atoms with Gasteiger partial charge in [-0.15, -0.1) is 11.8 Å². The second-order valence-electron chi connectivity index (χ2n) is 3.34. The summed E-state index contributed by atoms with van der Waals surface area (Å²) in [5, 5.41) is 0. The van der Waals surface area contributed by atoms with Gasteiger partial charge in [0.2, 0.25) is 0 Å². The molecule has 0 heterocycles. The Bertz CT molecular complexity index is 342. The van der Waals surface area contributed by atoms with E-state index in [2.05, 4.69) is 15.9 Å². The molecule has 0 aromatic heterocycles. The van der Waals surface area contributed by atoms with Crippen molar-refractivity contribution in [1.82, 2.24) is 0 Å². The molecule has 0 aliphatic carbocycles. The van der Waals surface area contributed by atoms with Crippen molar-refractivity contribution in [3.8, 4) is 0 Å². The van der Waals surface area contributed by atoms with E-state index in [-0.39, 0.29) is 12.4 Å². The molecule has 0 atom stereocenters. The van der Waals surface area contributed by atoms with Crippen molar-refractivity contribution in [3.63, 3.8) is 0 Å². The van der Waals surface area contributed by atoms with Gasteiger partial charge in [-0.2, -0.15) is 0 Å². The molecule has 16 heavy (non-hydrogen) atoms. The van der Waals surface area contributed by atoms with Crippen molar-refractivity contribution in [2.24, 2.45) is 0 Å². The standard InChI is InChI=1S/C12H15BrO2S/c1-2-6-15-8-11(14)9-16-12-5-3-4-10(13)7-12/h3-5,7H,2,6,8-9H2,1H3. The van der Waals surface area contributed by atoms with Crippen LogP contribution in [0.4, 0.5) is 0 Å². The summed E-state index contributed by atoms with van der Waals surface area (Å²) in [6.45, 7) is 2.92. The van der Waals surface area contributed by atoms with Crippen molar-refractivity contribution < 1.29 is 9.53 Å². The zero-order valence-corrected chi connectivity index (χ0v) is 11.6. The fraction of sp³-hybridized carbons (Fsp3) is 0.417. The largest absolute Gasteiger partial charge is 0.374 e. The first-order chi connectivity index (χ1) is 7.72. The van der Waals surface area contributed by atoms with Crippen LogP contribution in [-0.4, -0.2) is 24.7 Å². The van der Waals surface area contributed by atoms with Crippen LogP contribution in [-0.2, 0) is 9.53 Å². The molecule has 88 valence electrons. The summed E-state index contributed by atoms with van der Waals surface area (Å²) in [6.07, 6.45) is 0.950. The molecule has 0 amide bonds. The summed E-state index contributed by atoms with van der Waals surface area (Å²) in [5.74, 6) is 0.610. The first-order valence-corrected chi connectivity index (χ1v) is 6.98. The Morgan fingerprint density at radius 2 is 2.31 bits per heavy atom. The molecular weight excluding hydrogens is 288 g/mol. The lowest BCUT2D eigenvalue weighted by molar-refractivity contribution is -0.121. The maximum absolute atomic E-state index is 11.4. The molecular formula is C12H15BrO2S. The molecule has 0 bridgehead atoms. The summed E-state index contributed by atoms with van der Waals surface area (Å²) >= 11 is 4.94. The second kappa shape index (κ2) is 7.87. The quantitative estimate of drug-likeness (QED) is 0.569. The summed E-state index contributed by atoms with van der Waals surface area (Å²) in [6, 6.07) is 7.93. The third-order valence-corrected chi connectivity index (χ3v) is 3.35. The number of thioether (sulfide) groups is 1. The number of hydrogen-bond acceptors (Lipinski definition) is 3. The first kappa shape index (κ1) is 13.7. The van der Waals surface area contributed by atoms with Gasteiger partial charge in [0.05, 0.1) is 5.75 Å². The predicted molar refractivity (Wildman–Crippen MR) is 71.0 cm³/mol. The number of carbonyl (C=O) groups is 1. The Labute approximate surface area is 109 Å². The normalized spacial score (nSPS) is 10.4. The maximum atomic E-state index is 11.4. The topological polar surface area (TPSA) is 26.3 Å². The highest BCUT2D eigenvalue weighted by Gasteiger charge is 2.03. The van der Waals surface area contributed by atoms with Crippen LogP contribution >= 0.6 is 27.7 Å². The van der Waals surface area contributed by atoms with Gasteiger partial charge in [0, 0.05) is 16.0 Å². The van der Waals surface area contributed by atoms with Crippen molar-refractivity contribution in [1.29, 1.82) is 0 Å². The molecule has 4 heteroatoms. The third-order valence-electron chi connectivity index (χ3n) is 1.81. The zero-order valence-electron chi connectivity index (χ0n) is 9.24. The summed E-state index contributed by atoms with van der Waals surface area (Å²) < 4.78 is 6.22. The van der Waals surface area contributed by atoms with Gasteiger partial charge in [0.1, 0.15) is 6.61 Å². The van der Waals surface area contributed by atoms with E-state index in [9.17, 15) is 4.79 Å². The van der Waals surface area contributed by atoms with E-state index >= 15 is 0 Å². The Balaban J connectivity index is 2.26. The molecule has 0 saturated heterocycles. The summed E-state index contributed by atoms with van der Waals surface area (Å²) in [4.78, 5) is 12.5. The van der Waals surface area contributed by atoms with E-state index in [1.807, 2.05) is 31.2 Å². The average molecular weight is 303 g/mol. The lowest BCUT2D eigenvalue weighted by atomic mass is 10.4. The van der Waals surface area contributed by atoms with E-state index in [1.165, 1.54) is 0 Å².